The third kappa shape index (κ3) is 4.23. The first-order valence-corrected chi connectivity index (χ1v) is 8.41. The molecule has 1 aromatic heterocycles. The molecule has 2 aromatic rings. The SMILES string of the molecule is CC[C@H](N=CC(C#N)c1nc(C)cs1)c1ccc(Br)cc1. The van der Waals surface area contributed by atoms with Gasteiger partial charge in [-0.1, -0.05) is 35.0 Å². The summed E-state index contributed by atoms with van der Waals surface area (Å²) in [5.41, 5.74) is 2.10. The highest BCUT2D eigenvalue weighted by Crippen LogP contribution is 2.24. The van der Waals surface area contributed by atoms with Crippen LogP contribution in [0.2, 0.25) is 0 Å². The standard InChI is InChI=1S/C16H16BrN3S/c1-3-15(12-4-6-14(17)7-5-12)19-9-13(8-18)16-20-11(2)10-21-16/h4-7,9-10,13,15H,3H2,1-2H3/t13?,15-/m0/s1. The maximum absolute atomic E-state index is 9.30. The highest BCUT2D eigenvalue weighted by Gasteiger charge is 2.13. The maximum atomic E-state index is 9.30. The number of aromatic nitrogens is 1. The molecule has 1 unspecified atom stereocenters. The summed E-state index contributed by atoms with van der Waals surface area (Å²) in [6.07, 6.45) is 2.63. The number of nitrogens with zero attached hydrogens (tertiary/aromatic N) is 3. The third-order valence-electron chi connectivity index (χ3n) is 3.10. The average molecular weight is 362 g/mol. The van der Waals surface area contributed by atoms with E-state index in [-0.39, 0.29) is 12.0 Å². The van der Waals surface area contributed by atoms with Gasteiger partial charge in [0.15, 0.2) is 0 Å². The molecule has 5 heteroatoms. The van der Waals surface area contributed by atoms with Crippen molar-refractivity contribution in [3.8, 4) is 6.07 Å². The van der Waals surface area contributed by atoms with Crippen molar-refractivity contribution in [2.45, 2.75) is 32.2 Å². The van der Waals surface area contributed by atoms with Crippen molar-refractivity contribution in [3.63, 3.8) is 0 Å². The summed E-state index contributed by atoms with van der Waals surface area (Å²) in [4.78, 5) is 8.97. The quantitative estimate of drug-likeness (QED) is 0.700. The molecular weight excluding hydrogens is 346 g/mol. The van der Waals surface area contributed by atoms with E-state index in [1.807, 2.05) is 24.4 Å². The zero-order valence-corrected chi connectivity index (χ0v) is 14.4. The van der Waals surface area contributed by atoms with Crippen molar-refractivity contribution in [1.82, 2.24) is 4.98 Å². The van der Waals surface area contributed by atoms with Crippen molar-refractivity contribution in [3.05, 3.63) is 50.4 Å². The van der Waals surface area contributed by atoms with Gasteiger partial charge in [-0.25, -0.2) is 4.98 Å². The summed E-state index contributed by atoms with van der Waals surface area (Å²) in [6.45, 7) is 4.03. The summed E-state index contributed by atoms with van der Waals surface area (Å²) in [5.74, 6) is -0.367. The topological polar surface area (TPSA) is 49.0 Å². The lowest BCUT2D eigenvalue weighted by Crippen LogP contribution is -2.00. The molecule has 1 aromatic carbocycles. The maximum Gasteiger partial charge on any atom is 0.133 e. The molecule has 0 amide bonds. The number of halogens is 1. The second kappa shape index (κ2) is 7.48. The highest BCUT2D eigenvalue weighted by molar-refractivity contribution is 9.10. The predicted molar refractivity (Wildman–Crippen MR) is 90.9 cm³/mol. The van der Waals surface area contributed by atoms with E-state index in [0.29, 0.717) is 0 Å². The van der Waals surface area contributed by atoms with Crippen molar-refractivity contribution in [2.24, 2.45) is 4.99 Å². The highest BCUT2D eigenvalue weighted by atomic mass is 79.9. The fourth-order valence-corrected chi connectivity index (χ4v) is 3.03. The van der Waals surface area contributed by atoms with Gasteiger partial charge in [0.2, 0.25) is 0 Å². The van der Waals surface area contributed by atoms with Gasteiger partial charge >= 0.3 is 0 Å². The van der Waals surface area contributed by atoms with Crippen molar-refractivity contribution < 1.29 is 0 Å². The minimum atomic E-state index is -0.367. The van der Waals surface area contributed by atoms with Gasteiger partial charge in [-0.2, -0.15) is 5.26 Å². The van der Waals surface area contributed by atoms with Crippen LogP contribution in [-0.4, -0.2) is 11.2 Å². The Kier molecular flexibility index (Phi) is 5.66. The predicted octanol–water partition coefficient (Wildman–Crippen LogP) is 5.04. The zero-order chi connectivity index (χ0) is 15.2. The molecule has 2 rings (SSSR count). The van der Waals surface area contributed by atoms with Crippen molar-refractivity contribution in [1.29, 1.82) is 5.26 Å². The minimum Gasteiger partial charge on any atom is -0.288 e. The Hall–Kier alpha value is -1.51. The molecule has 2 atom stereocenters. The summed E-state index contributed by atoms with van der Waals surface area (Å²) in [6, 6.07) is 10.5. The molecule has 0 fully saturated rings. The van der Waals surface area contributed by atoms with Crippen LogP contribution in [-0.2, 0) is 0 Å². The molecule has 0 spiro atoms. The van der Waals surface area contributed by atoms with Gasteiger partial charge in [0.05, 0.1) is 12.1 Å². The van der Waals surface area contributed by atoms with Crippen LogP contribution in [0.4, 0.5) is 0 Å². The van der Waals surface area contributed by atoms with E-state index in [2.05, 4.69) is 51.0 Å². The monoisotopic (exact) mass is 361 g/mol. The van der Waals surface area contributed by atoms with Crippen LogP contribution in [0, 0.1) is 18.3 Å². The first-order chi connectivity index (χ1) is 10.1. The molecule has 0 radical (unpaired) electrons. The Morgan fingerprint density at radius 1 is 1.43 bits per heavy atom. The second-order valence-electron chi connectivity index (χ2n) is 4.71. The van der Waals surface area contributed by atoms with Gasteiger partial charge in [-0.05, 0) is 31.0 Å². The Morgan fingerprint density at radius 3 is 2.67 bits per heavy atom. The Morgan fingerprint density at radius 2 is 2.14 bits per heavy atom. The van der Waals surface area contributed by atoms with E-state index in [4.69, 9.17) is 0 Å². The van der Waals surface area contributed by atoms with Crippen LogP contribution in [0.1, 0.15) is 41.6 Å². The summed E-state index contributed by atoms with van der Waals surface area (Å²) < 4.78 is 1.05. The van der Waals surface area contributed by atoms with Crippen LogP contribution < -0.4 is 0 Å². The fourth-order valence-electron chi connectivity index (χ4n) is 1.97. The lowest BCUT2D eigenvalue weighted by Gasteiger charge is -2.11. The molecule has 0 bridgehead atoms. The minimum absolute atomic E-state index is 0.0787. The number of thiazole rings is 1. The van der Waals surface area contributed by atoms with Crippen LogP contribution in [0.5, 0.6) is 0 Å². The molecule has 21 heavy (non-hydrogen) atoms. The van der Waals surface area contributed by atoms with Gasteiger partial charge in [0, 0.05) is 21.8 Å². The Bertz CT molecular complexity index is 655. The number of benzene rings is 1. The average Bonchev–Trinajstić information content (AvgIpc) is 2.91. The molecule has 3 nitrogen and oxygen atoms in total. The van der Waals surface area contributed by atoms with E-state index >= 15 is 0 Å². The molecule has 1 heterocycles. The molecule has 0 aliphatic rings. The fraction of sp³-hybridized carbons (Fsp3) is 0.312. The molecule has 0 aliphatic carbocycles. The van der Waals surface area contributed by atoms with Crippen molar-refractivity contribution in [2.75, 3.05) is 0 Å². The van der Waals surface area contributed by atoms with Gasteiger partial charge in [0.1, 0.15) is 10.9 Å². The third-order valence-corrected chi connectivity index (χ3v) is 4.67. The van der Waals surface area contributed by atoms with Crippen LogP contribution in [0.15, 0.2) is 39.1 Å². The summed E-state index contributed by atoms with van der Waals surface area (Å²) >= 11 is 4.94. The van der Waals surface area contributed by atoms with Crippen LogP contribution >= 0.6 is 27.3 Å². The molecule has 0 N–H and O–H groups in total. The zero-order valence-electron chi connectivity index (χ0n) is 12.0. The molecule has 0 saturated carbocycles. The number of aryl methyl sites for hydroxylation is 1. The number of hydrogen-bond acceptors (Lipinski definition) is 4. The van der Waals surface area contributed by atoms with Crippen molar-refractivity contribution >= 4 is 33.5 Å². The van der Waals surface area contributed by atoms with Crippen LogP contribution in [0.3, 0.4) is 0 Å². The summed E-state index contributed by atoms with van der Waals surface area (Å²) in [5, 5.41) is 12.1. The largest absolute Gasteiger partial charge is 0.288 e. The van der Waals surface area contributed by atoms with Gasteiger partial charge in [-0.3, -0.25) is 4.99 Å². The van der Waals surface area contributed by atoms with Gasteiger partial charge < -0.3 is 0 Å². The van der Waals surface area contributed by atoms with E-state index in [1.54, 1.807) is 6.21 Å². The van der Waals surface area contributed by atoms with Gasteiger partial charge in [0.25, 0.3) is 0 Å². The number of hydrogen-bond donors (Lipinski definition) is 0. The molecule has 0 saturated heterocycles. The lowest BCUT2D eigenvalue weighted by molar-refractivity contribution is 0.701. The van der Waals surface area contributed by atoms with E-state index in [9.17, 15) is 5.26 Å². The lowest BCUT2D eigenvalue weighted by atomic mass is 10.1. The van der Waals surface area contributed by atoms with E-state index in [1.165, 1.54) is 11.3 Å². The molecular formula is C16H16BrN3S. The van der Waals surface area contributed by atoms with E-state index in [0.717, 1.165) is 27.2 Å². The first-order valence-electron chi connectivity index (χ1n) is 6.74. The number of aliphatic imine (C=N–C) groups is 1. The Balaban J connectivity index is 2.16. The van der Waals surface area contributed by atoms with E-state index < -0.39 is 0 Å². The molecule has 0 aliphatic heterocycles. The Labute approximate surface area is 137 Å². The number of rotatable bonds is 5. The number of nitriles is 1. The van der Waals surface area contributed by atoms with Crippen LogP contribution in [0.25, 0.3) is 0 Å². The first kappa shape index (κ1) is 15.9. The second-order valence-corrected chi connectivity index (χ2v) is 6.51. The van der Waals surface area contributed by atoms with Gasteiger partial charge in [-0.15, -0.1) is 11.3 Å². The summed E-state index contributed by atoms with van der Waals surface area (Å²) in [7, 11) is 0. The smallest absolute Gasteiger partial charge is 0.133 e. The normalized spacial score (nSPS) is 14.0. The molecule has 108 valence electrons.